The minimum atomic E-state index is 0.179. The Morgan fingerprint density at radius 3 is 2.95 bits per heavy atom. The second-order valence-electron chi connectivity index (χ2n) is 5.82. The number of aromatic nitrogens is 3. The first-order valence-electron chi connectivity index (χ1n) is 7.24. The van der Waals surface area contributed by atoms with Gasteiger partial charge in [-0.05, 0) is 43.0 Å². The van der Waals surface area contributed by atoms with Gasteiger partial charge >= 0.3 is 0 Å². The Kier molecular flexibility index (Phi) is 3.87. The van der Waals surface area contributed by atoms with E-state index in [1.807, 2.05) is 25.1 Å². The Balaban J connectivity index is 1.83. The maximum atomic E-state index is 6.14. The maximum absolute atomic E-state index is 6.14. The van der Waals surface area contributed by atoms with Crippen molar-refractivity contribution in [2.75, 3.05) is 18.0 Å². The minimum absolute atomic E-state index is 0.179. The number of aryl methyl sites for hydroxylation is 1. The zero-order valence-electron chi connectivity index (χ0n) is 12.3. The lowest BCUT2D eigenvalue weighted by molar-refractivity contribution is 0.376. The van der Waals surface area contributed by atoms with Gasteiger partial charge in [-0.2, -0.15) is 4.98 Å². The molecule has 1 aliphatic rings. The molecule has 0 aliphatic carbocycles. The van der Waals surface area contributed by atoms with Crippen molar-refractivity contribution in [2.24, 2.45) is 11.7 Å². The number of nitrogens with one attached hydrogen (secondary N) is 1. The van der Waals surface area contributed by atoms with Crippen LogP contribution in [0, 0.1) is 12.8 Å². The Bertz CT molecular complexity index is 639. The van der Waals surface area contributed by atoms with Gasteiger partial charge in [0.1, 0.15) is 0 Å². The Hall–Kier alpha value is -1.59. The average Bonchev–Trinajstić information content (AvgIpc) is 2.91. The molecule has 0 bridgehead atoms. The predicted octanol–water partition coefficient (Wildman–Crippen LogP) is 2.61. The number of H-pyrrole nitrogens is 1. The number of nitrogens with two attached hydrogens (primary N) is 1. The van der Waals surface area contributed by atoms with Crippen molar-refractivity contribution in [1.29, 1.82) is 0 Å². The molecule has 3 N–H and O–H groups in total. The molecule has 1 aromatic heterocycles. The summed E-state index contributed by atoms with van der Waals surface area (Å²) >= 11 is 5.99. The van der Waals surface area contributed by atoms with Crippen LogP contribution in [0.15, 0.2) is 18.2 Å². The lowest BCUT2D eigenvalue weighted by Gasteiger charge is -2.34. The van der Waals surface area contributed by atoms with E-state index in [4.69, 9.17) is 17.3 Å². The zero-order chi connectivity index (χ0) is 15.0. The summed E-state index contributed by atoms with van der Waals surface area (Å²) in [6.07, 6.45) is 1.07. The average molecular weight is 306 g/mol. The van der Waals surface area contributed by atoms with Gasteiger partial charge in [0.05, 0.1) is 0 Å². The summed E-state index contributed by atoms with van der Waals surface area (Å²) in [5, 5.41) is 8.09. The van der Waals surface area contributed by atoms with Crippen molar-refractivity contribution >= 4 is 17.5 Å². The molecule has 2 atom stereocenters. The van der Waals surface area contributed by atoms with Crippen molar-refractivity contribution in [3.8, 4) is 11.4 Å². The molecule has 6 heteroatoms. The number of halogens is 1. The van der Waals surface area contributed by atoms with Crippen LogP contribution in [0.1, 0.15) is 18.9 Å². The second kappa shape index (κ2) is 5.66. The van der Waals surface area contributed by atoms with Crippen LogP contribution in [-0.4, -0.2) is 34.3 Å². The van der Waals surface area contributed by atoms with E-state index in [0.29, 0.717) is 5.92 Å². The van der Waals surface area contributed by atoms with Crippen LogP contribution in [0.25, 0.3) is 11.4 Å². The monoisotopic (exact) mass is 305 g/mol. The SMILES string of the molecule is Cc1cc(Cl)ccc1-c1nc(N2CCC(C)C(N)C2)n[nH]1. The summed E-state index contributed by atoms with van der Waals surface area (Å²) in [5.74, 6) is 2.05. The Morgan fingerprint density at radius 1 is 1.43 bits per heavy atom. The molecule has 0 radical (unpaired) electrons. The van der Waals surface area contributed by atoms with Crippen molar-refractivity contribution in [1.82, 2.24) is 15.2 Å². The number of piperidine rings is 1. The zero-order valence-corrected chi connectivity index (χ0v) is 13.1. The molecule has 112 valence electrons. The van der Waals surface area contributed by atoms with E-state index in [2.05, 4.69) is 27.0 Å². The van der Waals surface area contributed by atoms with E-state index >= 15 is 0 Å². The highest BCUT2D eigenvalue weighted by atomic mass is 35.5. The van der Waals surface area contributed by atoms with Gasteiger partial charge < -0.3 is 10.6 Å². The molecule has 5 nitrogen and oxygen atoms in total. The fourth-order valence-electron chi connectivity index (χ4n) is 2.69. The van der Waals surface area contributed by atoms with Crippen LogP contribution >= 0.6 is 11.6 Å². The number of rotatable bonds is 2. The van der Waals surface area contributed by atoms with Gasteiger partial charge in [0.15, 0.2) is 5.82 Å². The predicted molar refractivity (Wildman–Crippen MR) is 85.5 cm³/mol. The number of anilines is 1. The molecular formula is C15H20ClN5. The van der Waals surface area contributed by atoms with Gasteiger partial charge in [-0.15, -0.1) is 5.10 Å². The second-order valence-corrected chi connectivity index (χ2v) is 6.26. The molecule has 21 heavy (non-hydrogen) atoms. The summed E-state index contributed by atoms with van der Waals surface area (Å²) in [6, 6.07) is 5.94. The first-order valence-corrected chi connectivity index (χ1v) is 7.62. The maximum Gasteiger partial charge on any atom is 0.245 e. The molecule has 2 unspecified atom stereocenters. The number of hydrogen-bond donors (Lipinski definition) is 2. The molecule has 1 saturated heterocycles. The molecule has 0 saturated carbocycles. The molecule has 1 aliphatic heterocycles. The fourth-order valence-corrected chi connectivity index (χ4v) is 2.92. The van der Waals surface area contributed by atoms with Crippen LogP contribution in [0.5, 0.6) is 0 Å². The van der Waals surface area contributed by atoms with Gasteiger partial charge in [-0.25, -0.2) is 0 Å². The van der Waals surface area contributed by atoms with Gasteiger partial charge in [0.25, 0.3) is 0 Å². The van der Waals surface area contributed by atoms with Crippen molar-refractivity contribution < 1.29 is 0 Å². The quantitative estimate of drug-likeness (QED) is 0.894. The van der Waals surface area contributed by atoms with Crippen LogP contribution < -0.4 is 10.6 Å². The van der Waals surface area contributed by atoms with Gasteiger partial charge in [-0.3, -0.25) is 5.10 Å². The van der Waals surface area contributed by atoms with Gasteiger partial charge in [0.2, 0.25) is 5.95 Å². The van der Waals surface area contributed by atoms with Gasteiger partial charge in [-0.1, -0.05) is 18.5 Å². The van der Waals surface area contributed by atoms with Crippen LogP contribution in [0.2, 0.25) is 5.02 Å². The molecule has 1 fully saturated rings. The summed E-state index contributed by atoms with van der Waals surface area (Å²) in [7, 11) is 0. The number of nitrogens with zero attached hydrogens (tertiary/aromatic N) is 3. The summed E-state index contributed by atoms with van der Waals surface area (Å²) in [5.41, 5.74) is 8.24. The normalized spacial score (nSPS) is 22.6. The molecule has 0 amide bonds. The standard InChI is InChI=1S/C15H20ClN5/c1-9-5-6-21(8-13(9)17)15-18-14(19-20-15)12-4-3-11(16)7-10(12)2/h3-4,7,9,13H,5-6,8,17H2,1-2H3,(H,18,19,20). The molecule has 1 aromatic carbocycles. The van der Waals surface area contributed by atoms with E-state index in [9.17, 15) is 0 Å². The lowest BCUT2D eigenvalue weighted by atomic mass is 9.95. The Labute approximate surface area is 129 Å². The van der Waals surface area contributed by atoms with Crippen molar-refractivity contribution in [3.05, 3.63) is 28.8 Å². The van der Waals surface area contributed by atoms with Crippen LogP contribution in [0.3, 0.4) is 0 Å². The molecule has 0 spiro atoms. The third-order valence-electron chi connectivity index (χ3n) is 4.22. The Morgan fingerprint density at radius 2 is 2.24 bits per heavy atom. The van der Waals surface area contributed by atoms with Gasteiger partial charge in [0, 0.05) is 29.7 Å². The highest BCUT2D eigenvalue weighted by Gasteiger charge is 2.25. The smallest absolute Gasteiger partial charge is 0.245 e. The summed E-state index contributed by atoms with van der Waals surface area (Å²) in [4.78, 5) is 6.76. The highest BCUT2D eigenvalue weighted by molar-refractivity contribution is 6.30. The first-order chi connectivity index (χ1) is 10.0. The lowest BCUT2D eigenvalue weighted by Crippen LogP contribution is -2.48. The molecule has 2 heterocycles. The van der Waals surface area contributed by atoms with E-state index < -0.39 is 0 Å². The first kappa shape index (κ1) is 14.4. The number of benzene rings is 1. The molecule has 2 aromatic rings. The van der Waals surface area contributed by atoms with Crippen molar-refractivity contribution in [2.45, 2.75) is 26.3 Å². The summed E-state index contributed by atoms with van der Waals surface area (Å²) < 4.78 is 0. The third-order valence-corrected chi connectivity index (χ3v) is 4.45. The largest absolute Gasteiger partial charge is 0.338 e. The number of hydrogen-bond acceptors (Lipinski definition) is 4. The minimum Gasteiger partial charge on any atom is -0.338 e. The molecule has 3 rings (SSSR count). The topological polar surface area (TPSA) is 70.8 Å². The summed E-state index contributed by atoms with van der Waals surface area (Å²) in [6.45, 7) is 5.97. The van der Waals surface area contributed by atoms with E-state index in [-0.39, 0.29) is 6.04 Å². The van der Waals surface area contributed by atoms with E-state index in [0.717, 1.165) is 47.4 Å². The third kappa shape index (κ3) is 2.89. The van der Waals surface area contributed by atoms with E-state index in [1.54, 1.807) is 0 Å². The fraction of sp³-hybridized carbons (Fsp3) is 0.467. The highest BCUT2D eigenvalue weighted by Crippen LogP contribution is 2.25. The molecular weight excluding hydrogens is 286 g/mol. The van der Waals surface area contributed by atoms with Crippen LogP contribution in [0.4, 0.5) is 5.95 Å². The van der Waals surface area contributed by atoms with Crippen LogP contribution in [-0.2, 0) is 0 Å². The van der Waals surface area contributed by atoms with Crippen molar-refractivity contribution in [3.63, 3.8) is 0 Å². The number of aromatic amines is 1. The van der Waals surface area contributed by atoms with E-state index in [1.165, 1.54) is 0 Å².